The summed E-state index contributed by atoms with van der Waals surface area (Å²) in [5, 5.41) is 11.6. The van der Waals surface area contributed by atoms with E-state index in [-0.39, 0.29) is 43.2 Å². The second kappa shape index (κ2) is 11.1. The molecule has 1 fully saturated rings. The summed E-state index contributed by atoms with van der Waals surface area (Å²) in [6.45, 7) is 3.27. The van der Waals surface area contributed by atoms with Crippen molar-refractivity contribution in [2.75, 3.05) is 26.2 Å². The lowest BCUT2D eigenvalue weighted by atomic mass is 9.84. The molecule has 2 amide bonds. The number of likely N-dealkylation sites (tertiary alicyclic amines) is 1. The Labute approximate surface area is 205 Å². The molecule has 7 nitrogen and oxygen atoms in total. The van der Waals surface area contributed by atoms with Crippen LogP contribution in [0.3, 0.4) is 0 Å². The molecule has 0 saturated carbocycles. The van der Waals surface area contributed by atoms with E-state index in [1.54, 1.807) is 4.90 Å². The molecule has 1 heterocycles. The third-order valence-corrected chi connectivity index (χ3v) is 6.91. The number of hydrogen-bond acceptors (Lipinski definition) is 4. The number of benzene rings is 2. The molecule has 2 aromatic carbocycles. The fourth-order valence-corrected chi connectivity index (χ4v) is 5.07. The van der Waals surface area contributed by atoms with E-state index in [0.717, 1.165) is 24.0 Å². The number of carboxylic acids is 1. The van der Waals surface area contributed by atoms with E-state index >= 15 is 0 Å². The molecule has 0 spiro atoms. The molecule has 7 heteroatoms. The van der Waals surface area contributed by atoms with Crippen LogP contribution in [0.5, 0.6) is 0 Å². The number of piperidine rings is 1. The van der Waals surface area contributed by atoms with Crippen molar-refractivity contribution in [3.8, 4) is 23.0 Å². The maximum atomic E-state index is 12.5. The van der Waals surface area contributed by atoms with Gasteiger partial charge < -0.3 is 20.1 Å². The highest BCUT2D eigenvalue weighted by molar-refractivity contribution is 5.93. The summed E-state index contributed by atoms with van der Waals surface area (Å²) in [6, 6.07) is 16.3. The molecule has 2 unspecified atom stereocenters. The average molecular weight is 475 g/mol. The molecular formula is C28H30N2O5. The Balaban J connectivity index is 1.24. The topological polar surface area (TPSA) is 95.9 Å². The SMILES string of the molecule is CC(CC(=O)O)C1CCCN(C(=O)C#CCNC(=O)OCC2c3ccccc3-c3ccccc32)C1. The van der Waals surface area contributed by atoms with Gasteiger partial charge in [-0.15, -0.1) is 0 Å². The largest absolute Gasteiger partial charge is 0.481 e. The number of carbonyl (C=O) groups excluding carboxylic acids is 2. The van der Waals surface area contributed by atoms with Gasteiger partial charge in [0.05, 0.1) is 6.54 Å². The number of nitrogens with zero attached hydrogens (tertiary/aromatic N) is 1. The zero-order valence-corrected chi connectivity index (χ0v) is 19.8. The van der Waals surface area contributed by atoms with Crippen molar-refractivity contribution in [2.45, 2.75) is 32.1 Å². The summed E-state index contributed by atoms with van der Waals surface area (Å²) < 4.78 is 5.47. The Morgan fingerprint density at radius 1 is 1.11 bits per heavy atom. The lowest BCUT2D eigenvalue weighted by Gasteiger charge is -2.34. The van der Waals surface area contributed by atoms with Gasteiger partial charge in [-0.1, -0.05) is 61.4 Å². The minimum Gasteiger partial charge on any atom is -0.481 e. The van der Waals surface area contributed by atoms with Gasteiger partial charge in [-0.2, -0.15) is 0 Å². The Kier molecular flexibility index (Phi) is 7.71. The Morgan fingerprint density at radius 2 is 1.77 bits per heavy atom. The lowest BCUT2D eigenvalue weighted by Crippen LogP contribution is -2.41. The number of ether oxygens (including phenoxy) is 1. The van der Waals surface area contributed by atoms with Crippen molar-refractivity contribution in [2.24, 2.45) is 11.8 Å². The van der Waals surface area contributed by atoms with Gasteiger partial charge in [0.25, 0.3) is 5.91 Å². The van der Waals surface area contributed by atoms with Crippen LogP contribution >= 0.6 is 0 Å². The quantitative estimate of drug-likeness (QED) is 0.620. The third kappa shape index (κ3) is 5.83. The van der Waals surface area contributed by atoms with Crippen LogP contribution in [0.25, 0.3) is 11.1 Å². The highest BCUT2D eigenvalue weighted by Gasteiger charge is 2.29. The maximum absolute atomic E-state index is 12.5. The molecule has 1 saturated heterocycles. The number of alkyl carbamates (subject to hydrolysis) is 1. The number of carbonyl (C=O) groups is 3. The molecule has 0 aromatic heterocycles. The molecule has 2 aliphatic rings. The van der Waals surface area contributed by atoms with Gasteiger partial charge in [0.2, 0.25) is 0 Å². The predicted octanol–water partition coefficient (Wildman–Crippen LogP) is 3.88. The highest BCUT2D eigenvalue weighted by Crippen LogP contribution is 2.44. The monoisotopic (exact) mass is 474 g/mol. The van der Waals surface area contributed by atoms with Crippen LogP contribution < -0.4 is 5.32 Å². The first-order chi connectivity index (χ1) is 16.9. The molecule has 1 aliphatic heterocycles. The number of carboxylic acid groups (broad SMARTS) is 1. The van der Waals surface area contributed by atoms with Gasteiger partial charge >= 0.3 is 12.1 Å². The maximum Gasteiger partial charge on any atom is 0.407 e. The van der Waals surface area contributed by atoms with Gasteiger partial charge in [0, 0.05) is 25.4 Å². The van der Waals surface area contributed by atoms with Crippen LogP contribution in [0.2, 0.25) is 0 Å². The van der Waals surface area contributed by atoms with Crippen LogP contribution in [-0.2, 0) is 14.3 Å². The van der Waals surface area contributed by atoms with Gasteiger partial charge in [-0.05, 0) is 52.9 Å². The number of rotatable bonds is 6. The first-order valence-electron chi connectivity index (χ1n) is 12.0. The molecule has 0 radical (unpaired) electrons. The Bertz CT molecular complexity index is 1120. The number of hydrogen-bond donors (Lipinski definition) is 2. The van der Waals surface area contributed by atoms with Crippen molar-refractivity contribution in [1.29, 1.82) is 0 Å². The number of fused-ring (bicyclic) bond motifs is 3. The fourth-order valence-electron chi connectivity index (χ4n) is 5.07. The van der Waals surface area contributed by atoms with Crippen LogP contribution in [0.15, 0.2) is 48.5 Å². The summed E-state index contributed by atoms with van der Waals surface area (Å²) in [7, 11) is 0. The smallest absolute Gasteiger partial charge is 0.407 e. The van der Waals surface area contributed by atoms with E-state index in [2.05, 4.69) is 41.4 Å². The van der Waals surface area contributed by atoms with Gasteiger partial charge in [0.15, 0.2) is 0 Å². The molecule has 2 atom stereocenters. The summed E-state index contributed by atoms with van der Waals surface area (Å²) in [4.78, 5) is 37.3. The molecule has 4 rings (SSSR count). The Hall–Kier alpha value is -3.79. The number of amides is 2. The fraction of sp³-hybridized carbons (Fsp3) is 0.393. The van der Waals surface area contributed by atoms with Gasteiger partial charge in [0.1, 0.15) is 6.61 Å². The van der Waals surface area contributed by atoms with Crippen molar-refractivity contribution in [3.05, 3.63) is 59.7 Å². The van der Waals surface area contributed by atoms with E-state index in [1.807, 2.05) is 31.2 Å². The first kappa shape index (κ1) is 24.3. The molecule has 35 heavy (non-hydrogen) atoms. The van der Waals surface area contributed by atoms with Crippen LogP contribution in [0.1, 0.15) is 43.2 Å². The molecule has 0 bridgehead atoms. The van der Waals surface area contributed by atoms with E-state index in [1.165, 1.54) is 11.1 Å². The van der Waals surface area contributed by atoms with E-state index < -0.39 is 12.1 Å². The molecule has 1 aliphatic carbocycles. The summed E-state index contributed by atoms with van der Waals surface area (Å²) >= 11 is 0. The van der Waals surface area contributed by atoms with Gasteiger partial charge in [-0.3, -0.25) is 9.59 Å². The highest BCUT2D eigenvalue weighted by atomic mass is 16.5. The first-order valence-corrected chi connectivity index (χ1v) is 12.0. The molecular weight excluding hydrogens is 444 g/mol. The minimum atomic E-state index is -0.819. The summed E-state index contributed by atoms with van der Waals surface area (Å²) in [6.07, 6.45) is 1.27. The normalized spacial score (nSPS) is 17.4. The van der Waals surface area contributed by atoms with E-state index in [4.69, 9.17) is 9.84 Å². The summed E-state index contributed by atoms with van der Waals surface area (Å²) in [5.74, 6) is 4.31. The lowest BCUT2D eigenvalue weighted by molar-refractivity contribution is -0.138. The second-order valence-corrected chi connectivity index (χ2v) is 9.21. The van der Waals surface area contributed by atoms with E-state index in [0.29, 0.717) is 13.1 Å². The van der Waals surface area contributed by atoms with Crippen molar-refractivity contribution >= 4 is 18.0 Å². The molecule has 182 valence electrons. The summed E-state index contributed by atoms with van der Waals surface area (Å²) in [5.41, 5.74) is 4.62. The zero-order chi connectivity index (χ0) is 24.8. The number of aliphatic carboxylic acids is 1. The Morgan fingerprint density at radius 3 is 2.43 bits per heavy atom. The van der Waals surface area contributed by atoms with E-state index in [9.17, 15) is 14.4 Å². The average Bonchev–Trinajstić information content (AvgIpc) is 3.18. The van der Waals surface area contributed by atoms with Crippen molar-refractivity contribution < 1.29 is 24.2 Å². The zero-order valence-electron chi connectivity index (χ0n) is 19.8. The van der Waals surface area contributed by atoms with Crippen LogP contribution in [0, 0.1) is 23.7 Å². The van der Waals surface area contributed by atoms with Gasteiger partial charge in [-0.25, -0.2) is 4.79 Å². The van der Waals surface area contributed by atoms with Crippen molar-refractivity contribution in [3.63, 3.8) is 0 Å². The molecule has 2 aromatic rings. The number of nitrogens with one attached hydrogen (secondary N) is 1. The van der Waals surface area contributed by atoms with Crippen LogP contribution in [0.4, 0.5) is 4.79 Å². The molecule has 2 N–H and O–H groups in total. The standard InChI is InChI=1S/C28H30N2O5/c1-19(16-27(32)33)20-8-7-15-30(17-20)26(31)13-6-14-29-28(34)35-18-25-23-11-4-2-9-21(23)22-10-3-5-12-24(22)25/h2-5,9-12,19-20,25H,7-8,14-18H2,1H3,(H,29,34)(H,32,33). The predicted molar refractivity (Wildman–Crippen MR) is 132 cm³/mol. The van der Waals surface area contributed by atoms with Crippen LogP contribution in [-0.4, -0.2) is 54.2 Å². The minimum absolute atomic E-state index is 0.00583. The third-order valence-electron chi connectivity index (χ3n) is 6.91. The second-order valence-electron chi connectivity index (χ2n) is 9.21. The van der Waals surface area contributed by atoms with Crippen molar-refractivity contribution in [1.82, 2.24) is 10.2 Å².